The number of fused-ring (bicyclic) bond motifs is 2. The molecule has 0 radical (unpaired) electrons. The van der Waals surface area contributed by atoms with Crippen LogP contribution in [0.3, 0.4) is 0 Å². The first-order valence-corrected chi connectivity index (χ1v) is 10.5. The van der Waals surface area contributed by atoms with Crippen LogP contribution in [-0.4, -0.2) is 11.9 Å². The number of ketones is 1. The van der Waals surface area contributed by atoms with Gasteiger partial charge in [0.1, 0.15) is 30.0 Å². The van der Waals surface area contributed by atoms with Gasteiger partial charge >= 0.3 is 0 Å². The van der Waals surface area contributed by atoms with Gasteiger partial charge in [0.25, 0.3) is 0 Å². The Hall–Kier alpha value is -4.05. The number of ether oxygens (including phenoxy) is 3. The Bertz CT molecular complexity index is 1260. The predicted octanol–water partition coefficient (Wildman–Crippen LogP) is 6.23. The molecule has 32 heavy (non-hydrogen) atoms. The van der Waals surface area contributed by atoms with Gasteiger partial charge in [0.05, 0.1) is 5.56 Å². The minimum atomic E-state index is -0.177. The van der Waals surface area contributed by atoms with E-state index in [1.165, 1.54) is 0 Å². The Morgan fingerprint density at radius 3 is 2.66 bits per heavy atom. The van der Waals surface area contributed by atoms with E-state index in [-0.39, 0.29) is 11.9 Å². The minimum Gasteiger partial charge on any atom is -0.489 e. The van der Waals surface area contributed by atoms with Crippen LogP contribution in [0.1, 0.15) is 34.0 Å². The number of hydrogen-bond acceptors (Lipinski definition) is 4. The second-order valence-electron chi connectivity index (χ2n) is 7.77. The number of allylic oxidation sites excluding steroid dienone is 1. The number of carbonyl (C=O) groups is 1. The van der Waals surface area contributed by atoms with Gasteiger partial charge in [-0.15, -0.1) is 0 Å². The van der Waals surface area contributed by atoms with Crippen LogP contribution in [0.15, 0.2) is 90.7 Å². The SMILES string of the molecule is C=Cc1ccc(COc2ccc3c(c2)O/C(=C\C2=Cc4ccccc4O[C@H]2C)C3=O)cc1. The lowest BCUT2D eigenvalue weighted by molar-refractivity contribution is 0.101. The number of hydrogen-bond donors (Lipinski definition) is 0. The highest BCUT2D eigenvalue weighted by atomic mass is 16.5. The molecule has 4 heteroatoms. The van der Waals surface area contributed by atoms with Crippen molar-refractivity contribution in [3.8, 4) is 17.2 Å². The summed E-state index contributed by atoms with van der Waals surface area (Å²) in [5.41, 5.74) is 4.52. The maximum Gasteiger partial charge on any atom is 0.231 e. The van der Waals surface area contributed by atoms with Crippen molar-refractivity contribution in [3.05, 3.63) is 113 Å². The molecule has 2 aliphatic rings. The molecule has 0 aromatic heterocycles. The van der Waals surface area contributed by atoms with Crippen LogP contribution in [-0.2, 0) is 6.61 Å². The Morgan fingerprint density at radius 1 is 1.03 bits per heavy atom. The van der Waals surface area contributed by atoms with E-state index in [4.69, 9.17) is 14.2 Å². The highest BCUT2D eigenvalue weighted by Crippen LogP contribution is 2.36. The van der Waals surface area contributed by atoms with Crippen LogP contribution in [0.25, 0.3) is 12.2 Å². The summed E-state index contributed by atoms with van der Waals surface area (Å²) in [6, 6.07) is 21.1. The summed E-state index contributed by atoms with van der Waals surface area (Å²) < 4.78 is 17.8. The summed E-state index contributed by atoms with van der Waals surface area (Å²) in [6.07, 6.45) is 5.43. The summed E-state index contributed by atoms with van der Waals surface area (Å²) in [6.45, 7) is 6.14. The molecule has 0 saturated carbocycles. The molecule has 3 aromatic rings. The fraction of sp³-hybridized carbons (Fsp3) is 0.107. The van der Waals surface area contributed by atoms with Crippen LogP contribution >= 0.6 is 0 Å². The van der Waals surface area contributed by atoms with Crippen molar-refractivity contribution < 1.29 is 19.0 Å². The average molecular weight is 422 g/mol. The Labute approximate surface area is 187 Å². The smallest absolute Gasteiger partial charge is 0.231 e. The van der Waals surface area contributed by atoms with Crippen LogP contribution < -0.4 is 14.2 Å². The molecule has 5 rings (SSSR count). The molecule has 0 fully saturated rings. The van der Waals surface area contributed by atoms with E-state index in [2.05, 4.69) is 6.58 Å². The number of para-hydroxylation sites is 1. The molecule has 2 heterocycles. The second-order valence-corrected chi connectivity index (χ2v) is 7.77. The second kappa shape index (κ2) is 8.23. The summed E-state index contributed by atoms with van der Waals surface area (Å²) in [7, 11) is 0. The Kier molecular flexibility index (Phi) is 5.12. The van der Waals surface area contributed by atoms with E-state index in [1.807, 2.05) is 61.5 Å². The van der Waals surface area contributed by atoms with E-state index >= 15 is 0 Å². The molecular weight excluding hydrogens is 400 g/mol. The first-order valence-electron chi connectivity index (χ1n) is 10.5. The molecule has 0 unspecified atom stereocenters. The average Bonchev–Trinajstić information content (AvgIpc) is 3.13. The van der Waals surface area contributed by atoms with Crippen LogP contribution in [0.2, 0.25) is 0 Å². The van der Waals surface area contributed by atoms with Crippen LogP contribution in [0, 0.1) is 0 Å². The third-order valence-electron chi connectivity index (χ3n) is 5.57. The quantitative estimate of drug-likeness (QED) is 0.457. The van der Waals surface area contributed by atoms with E-state index in [1.54, 1.807) is 30.4 Å². The molecule has 1 atom stereocenters. The molecule has 3 aromatic carbocycles. The van der Waals surface area contributed by atoms with Crippen LogP contribution in [0.4, 0.5) is 0 Å². The van der Waals surface area contributed by atoms with Gasteiger partial charge < -0.3 is 14.2 Å². The molecule has 0 bridgehead atoms. The van der Waals surface area contributed by atoms with Crippen LogP contribution in [0.5, 0.6) is 17.2 Å². The predicted molar refractivity (Wildman–Crippen MR) is 125 cm³/mol. The van der Waals surface area contributed by atoms with Gasteiger partial charge in [-0.1, -0.05) is 55.1 Å². The Morgan fingerprint density at radius 2 is 1.84 bits per heavy atom. The standard InChI is InChI=1S/C28H22O4/c1-3-19-8-10-20(11-9-19)17-30-23-12-13-24-26(16-23)32-27(28(24)29)15-22-14-21-6-4-5-7-25(21)31-18(22)2/h3-16,18H,1,17H2,2H3/b27-15-/t18-/m0/s1. The van der Waals surface area contributed by atoms with Crippen molar-refractivity contribution >= 4 is 17.9 Å². The maximum atomic E-state index is 12.9. The topological polar surface area (TPSA) is 44.8 Å². The third-order valence-corrected chi connectivity index (χ3v) is 5.57. The monoisotopic (exact) mass is 422 g/mol. The van der Waals surface area contributed by atoms with E-state index < -0.39 is 0 Å². The van der Waals surface area contributed by atoms with Crippen molar-refractivity contribution in [3.63, 3.8) is 0 Å². The summed E-state index contributed by atoms with van der Waals surface area (Å²) in [4.78, 5) is 12.9. The molecule has 0 N–H and O–H groups in total. The van der Waals surface area contributed by atoms with Crippen molar-refractivity contribution in [1.29, 1.82) is 0 Å². The van der Waals surface area contributed by atoms with E-state index in [0.717, 1.165) is 28.0 Å². The third kappa shape index (κ3) is 3.83. The van der Waals surface area contributed by atoms with Crippen molar-refractivity contribution in [2.45, 2.75) is 19.6 Å². The lowest BCUT2D eigenvalue weighted by atomic mass is 10.0. The molecule has 158 valence electrons. The fourth-order valence-corrected chi connectivity index (χ4v) is 3.75. The highest BCUT2D eigenvalue weighted by Gasteiger charge is 2.29. The number of Topliss-reactive ketones (excluding diaryl/α,β-unsaturated/α-hetero) is 1. The lowest BCUT2D eigenvalue weighted by Gasteiger charge is -2.22. The summed E-state index contributed by atoms with van der Waals surface area (Å²) >= 11 is 0. The summed E-state index contributed by atoms with van der Waals surface area (Å²) in [5.74, 6) is 2.14. The first-order chi connectivity index (χ1) is 15.6. The molecule has 4 nitrogen and oxygen atoms in total. The van der Waals surface area contributed by atoms with Gasteiger partial charge in [0, 0.05) is 11.6 Å². The van der Waals surface area contributed by atoms with Gasteiger partial charge in [-0.3, -0.25) is 4.79 Å². The Balaban J connectivity index is 1.33. The zero-order valence-electron chi connectivity index (χ0n) is 17.7. The largest absolute Gasteiger partial charge is 0.489 e. The van der Waals surface area contributed by atoms with Gasteiger partial charge in [-0.25, -0.2) is 0 Å². The zero-order valence-corrected chi connectivity index (χ0v) is 17.7. The molecule has 0 amide bonds. The number of rotatable bonds is 5. The fourth-order valence-electron chi connectivity index (χ4n) is 3.75. The number of carbonyl (C=O) groups excluding carboxylic acids is 1. The normalized spacial score (nSPS) is 17.7. The molecular formula is C28H22O4. The zero-order chi connectivity index (χ0) is 22.1. The van der Waals surface area contributed by atoms with Crippen molar-refractivity contribution in [2.75, 3.05) is 0 Å². The van der Waals surface area contributed by atoms with Gasteiger partial charge in [-0.05, 0) is 54.0 Å². The number of benzene rings is 3. The molecule has 0 aliphatic carbocycles. The van der Waals surface area contributed by atoms with Gasteiger partial charge in [0.15, 0.2) is 5.76 Å². The van der Waals surface area contributed by atoms with Gasteiger partial charge in [0.2, 0.25) is 5.78 Å². The molecule has 0 saturated heterocycles. The van der Waals surface area contributed by atoms with Crippen molar-refractivity contribution in [2.24, 2.45) is 0 Å². The van der Waals surface area contributed by atoms with E-state index in [0.29, 0.717) is 29.4 Å². The molecule has 0 spiro atoms. The highest BCUT2D eigenvalue weighted by molar-refractivity contribution is 6.12. The first kappa shape index (κ1) is 19.9. The van der Waals surface area contributed by atoms with Crippen molar-refractivity contribution in [1.82, 2.24) is 0 Å². The van der Waals surface area contributed by atoms with Gasteiger partial charge in [-0.2, -0.15) is 0 Å². The van der Waals surface area contributed by atoms with E-state index in [9.17, 15) is 4.79 Å². The maximum absolute atomic E-state index is 12.9. The minimum absolute atomic E-state index is 0.140. The lowest BCUT2D eigenvalue weighted by Crippen LogP contribution is -2.18. The molecule has 2 aliphatic heterocycles. The summed E-state index contributed by atoms with van der Waals surface area (Å²) in [5, 5.41) is 0.